The number of likely N-dealkylation sites (tertiary alicyclic amines) is 1. The molecule has 0 radical (unpaired) electrons. The largest absolute Gasteiger partial charge is 0.394 e. The van der Waals surface area contributed by atoms with Gasteiger partial charge in [-0.3, -0.25) is 0 Å². The van der Waals surface area contributed by atoms with Gasteiger partial charge in [-0.1, -0.05) is 51.1 Å². The van der Waals surface area contributed by atoms with Crippen molar-refractivity contribution in [1.29, 1.82) is 0 Å². The van der Waals surface area contributed by atoms with Gasteiger partial charge in [0.25, 0.3) is 0 Å². The highest BCUT2D eigenvalue weighted by atomic mass is 16.3. The number of likely N-dealkylation sites (N-methyl/N-ethyl adjacent to an activating group) is 1. The molecule has 3 unspecified atom stereocenters. The van der Waals surface area contributed by atoms with Crippen LogP contribution in [-0.2, 0) is 5.54 Å². The van der Waals surface area contributed by atoms with E-state index in [0.29, 0.717) is 0 Å². The Labute approximate surface area is 123 Å². The van der Waals surface area contributed by atoms with Crippen LogP contribution in [-0.4, -0.2) is 42.8 Å². The summed E-state index contributed by atoms with van der Waals surface area (Å²) in [4.78, 5) is 2.49. The molecule has 1 fully saturated rings. The smallest absolute Gasteiger partial charge is 0.0797 e. The third kappa shape index (κ3) is 3.22. The van der Waals surface area contributed by atoms with Crippen LogP contribution in [0.3, 0.4) is 0 Å². The lowest BCUT2D eigenvalue weighted by molar-refractivity contribution is 0.116. The van der Waals surface area contributed by atoms with Crippen molar-refractivity contribution in [3.8, 4) is 0 Å². The van der Waals surface area contributed by atoms with Crippen molar-refractivity contribution in [3.63, 3.8) is 0 Å². The van der Waals surface area contributed by atoms with Gasteiger partial charge >= 0.3 is 0 Å². The lowest BCUT2D eigenvalue weighted by Gasteiger charge is -2.37. The van der Waals surface area contributed by atoms with Gasteiger partial charge in [-0.25, -0.2) is 0 Å². The van der Waals surface area contributed by atoms with E-state index in [1.165, 1.54) is 5.56 Å². The number of benzene rings is 1. The van der Waals surface area contributed by atoms with Gasteiger partial charge in [-0.2, -0.15) is 0 Å². The summed E-state index contributed by atoms with van der Waals surface area (Å²) in [5, 5.41) is 13.6. The molecule has 20 heavy (non-hydrogen) atoms. The quantitative estimate of drug-likeness (QED) is 0.835. The fraction of sp³-hybridized carbons (Fsp3) is 0.647. The van der Waals surface area contributed by atoms with Crippen LogP contribution >= 0.6 is 0 Å². The van der Waals surface area contributed by atoms with E-state index in [9.17, 15) is 5.11 Å². The van der Waals surface area contributed by atoms with Crippen LogP contribution in [0.1, 0.15) is 26.3 Å². The second-order valence-corrected chi connectivity index (χ2v) is 6.29. The van der Waals surface area contributed by atoms with Crippen molar-refractivity contribution < 1.29 is 5.11 Å². The topological polar surface area (TPSA) is 35.5 Å². The molecule has 3 heteroatoms. The van der Waals surface area contributed by atoms with Crippen LogP contribution in [0.15, 0.2) is 30.3 Å². The molecule has 0 spiro atoms. The molecule has 3 nitrogen and oxygen atoms in total. The summed E-state index contributed by atoms with van der Waals surface area (Å²) in [6.07, 6.45) is 0. The van der Waals surface area contributed by atoms with Crippen LogP contribution in [0.25, 0.3) is 0 Å². The maximum absolute atomic E-state index is 10.1. The summed E-state index contributed by atoms with van der Waals surface area (Å²) in [7, 11) is 0. The minimum absolute atomic E-state index is 0.129. The first-order valence-corrected chi connectivity index (χ1v) is 7.75. The summed E-state index contributed by atoms with van der Waals surface area (Å²) in [6, 6.07) is 10.3. The van der Waals surface area contributed by atoms with Crippen molar-refractivity contribution in [3.05, 3.63) is 35.9 Å². The van der Waals surface area contributed by atoms with Gasteiger partial charge in [0.05, 0.1) is 12.1 Å². The highest BCUT2D eigenvalue weighted by Gasteiger charge is 2.36. The first-order valence-electron chi connectivity index (χ1n) is 7.75. The number of nitrogens with zero attached hydrogens (tertiary/aromatic N) is 1. The van der Waals surface area contributed by atoms with Crippen LogP contribution in [0.5, 0.6) is 0 Å². The van der Waals surface area contributed by atoms with Gasteiger partial charge in [-0.15, -0.1) is 0 Å². The van der Waals surface area contributed by atoms with Gasteiger partial charge < -0.3 is 15.3 Å². The molecule has 2 rings (SSSR count). The van der Waals surface area contributed by atoms with Crippen LogP contribution in [0.4, 0.5) is 0 Å². The Morgan fingerprint density at radius 3 is 2.30 bits per heavy atom. The first kappa shape index (κ1) is 15.5. The van der Waals surface area contributed by atoms with Crippen molar-refractivity contribution in [2.24, 2.45) is 11.8 Å². The minimum Gasteiger partial charge on any atom is -0.394 e. The van der Waals surface area contributed by atoms with Crippen molar-refractivity contribution in [2.45, 2.75) is 26.3 Å². The molecule has 112 valence electrons. The van der Waals surface area contributed by atoms with Crippen molar-refractivity contribution in [2.75, 3.05) is 32.8 Å². The Bertz CT molecular complexity index is 399. The zero-order valence-electron chi connectivity index (χ0n) is 13.0. The molecule has 0 aromatic heterocycles. The Morgan fingerprint density at radius 2 is 1.80 bits per heavy atom. The predicted octanol–water partition coefficient (Wildman–Crippen LogP) is 2.07. The lowest BCUT2D eigenvalue weighted by Crippen LogP contribution is -2.53. The zero-order chi connectivity index (χ0) is 14.6. The van der Waals surface area contributed by atoms with Gasteiger partial charge in [0.1, 0.15) is 0 Å². The van der Waals surface area contributed by atoms with Gasteiger partial charge in [-0.05, 0) is 23.9 Å². The number of hydrogen-bond acceptors (Lipinski definition) is 3. The Morgan fingerprint density at radius 1 is 1.20 bits per heavy atom. The molecular weight excluding hydrogens is 248 g/mol. The number of hydrogen-bond donors (Lipinski definition) is 2. The first-order chi connectivity index (χ1) is 9.61. The van der Waals surface area contributed by atoms with Crippen molar-refractivity contribution in [1.82, 2.24) is 10.2 Å². The molecular formula is C17H28N2O. The molecule has 1 aliphatic heterocycles. The Kier molecular flexibility index (Phi) is 5.19. The van der Waals surface area contributed by atoms with Gasteiger partial charge in [0.2, 0.25) is 0 Å². The average molecular weight is 276 g/mol. The molecule has 1 aromatic rings. The molecule has 1 saturated heterocycles. The highest BCUT2D eigenvalue weighted by molar-refractivity contribution is 5.25. The highest BCUT2D eigenvalue weighted by Crippen LogP contribution is 2.28. The fourth-order valence-corrected chi connectivity index (χ4v) is 3.30. The molecule has 0 aliphatic carbocycles. The molecule has 0 bridgehead atoms. The fourth-order valence-electron chi connectivity index (χ4n) is 3.30. The van der Waals surface area contributed by atoms with E-state index in [1.807, 2.05) is 18.2 Å². The Balaban J connectivity index is 2.19. The molecule has 2 N–H and O–H groups in total. The molecule has 0 saturated carbocycles. The second kappa shape index (κ2) is 6.70. The van der Waals surface area contributed by atoms with Crippen LogP contribution < -0.4 is 5.32 Å². The maximum Gasteiger partial charge on any atom is 0.0797 e. The van der Waals surface area contributed by atoms with Crippen LogP contribution in [0, 0.1) is 11.8 Å². The molecule has 3 atom stereocenters. The lowest BCUT2D eigenvalue weighted by atomic mass is 9.90. The third-order valence-corrected chi connectivity index (χ3v) is 4.67. The average Bonchev–Trinajstić information content (AvgIpc) is 2.77. The summed E-state index contributed by atoms with van der Waals surface area (Å²) in [6.45, 7) is 10.8. The third-order valence-electron chi connectivity index (χ3n) is 4.67. The number of aliphatic hydroxyl groups is 1. The molecule has 0 amide bonds. The zero-order valence-corrected chi connectivity index (χ0v) is 13.0. The predicted molar refractivity (Wildman–Crippen MR) is 83.7 cm³/mol. The normalized spacial score (nSPS) is 26.6. The number of aliphatic hydroxyl groups excluding tert-OH is 1. The summed E-state index contributed by atoms with van der Waals surface area (Å²) >= 11 is 0. The van der Waals surface area contributed by atoms with E-state index in [0.717, 1.165) is 38.0 Å². The van der Waals surface area contributed by atoms with E-state index in [4.69, 9.17) is 0 Å². The number of nitrogens with one attached hydrogen (secondary N) is 1. The van der Waals surface area contributed by atoms with Gasteiger partial charge in [0, 0.05) is 19.6 Å². The minimum atomic E-state index is -0.347. The molecule has 1 aromatic carbocycles. The van der Waals surface area contributed by atoms with Crippen molar-refractivity contribution >= 4 is 0 Å². The number of rotatable bonds is 6. The molecule has 1 aliphatic rings. The monoisotopic (exact) mass is 276 g/mol. The SMILES string of the molecule is CCNC(CO)(CN1CC(C)C(C)C1)c1ccccc1. The second-order valence-electron chi connectivity index (χ2n) is 6.29. The van der Waals surface area contributed by atoms with Gasteiger partial charge in [0.15, 0.2) is 0 Å². The van der Waals surface area contributed by atoms with E-state index in [2.05, 4.69) is 43.1 Å². The summed E-state index contributed by atoms with van der Waals surface area (Å²) < 4.78 is 0. The van der Waals surface area contributed by atoms with E-state index < -0.39 is 0 Å². The van der Waals surface area contributed by atoms with E-state index in [-0.39, 0.29) is 12.1 Å². The maximum atomic E-state index is 10.1. The van der Waals surface area contributed by atoms with Crippen LogP contribution in [0.2, 0.25) is 0 Å². The Hall–Kier alpha value is -0.900. The van der Waals surface area contributed by atoms with E-state index in [1.54, 1.807) is 0 Å². The molecule has 1 heterocycles. The summed E-state index contributed by atoms with van der Waals surface area (Å²) in [5.74, 6) is 1.48. The standard InChI is InChI=1S/C17H28N2O/c1-4-18-17(13-20,16-8-6-5-7-9-16)12-19-10-14(2)15(3)11-19/h5-9,14-15,18,20H,4,10-13H2,1-3H3. The van der Waals surface area contributed by atoms with E-state index >= 15 is 0 Å². The summed E-state index contributed by atoms with van der Waals surface area (Å²) in [5.41, 5.74) is 0.830.